The number of carbonyl (C=O) groups is 1. The molecule has 0 radical (unpaired) electrons. The van der Waals surface area contributed by atoms with Gasteiger partial charge in [-0.2, -0.15) is 0 Å². The molecule has 104 valence electrons. The number of fused-ring (bicyclic) bond motifs is 1. The molecule has 0 aliphatic rings. The largest absolute Gasteiger partial charge is 0.330 e. The summed E-state index contributed by atoms with van der Waals surface area (Å²) in [5, 5.41) is 0.972. The number of benzene rings is 2. The van der Waals surface area contributed by atoms with Crippen LogP contribution in [0.2, 0.25) is 0 Å². The quantitative estimate of drug-likeness (QED) is 0.745. The van der Waals surface area contributed by atoms with Crippen LogP contribution in [0.3, 0.4) is 0 Å². The van der Waals surface area contributed by atoms with Gasteiger partial charge >= 0.3 is 0 Å². The minimum absolute atomic E-state index is 0.00310. The zero-order chi connectivity index (χ0) is 14.7. The lowest BCUT2D eigenvalue weighted by Crippen LogP contribution is -2.10. The summed E-state index contributed by atoms with van der Waals surface area (Å²) in [5.41, 5.74) is 8.71. The number of aromatic nitrogens is 1. The zero-order valence-electron chi connectivity index (χ0n) is 11.6. The molecule has 0 atom stereocenters. The van der Waals surface area contributed by atoms with Crippen LogP contribution in [-0.4, -0.2) is 17.3 Å². The molecule has 3 aromatic rings. The maximum Gasteiger partial charge on any atom is 0.195 e. The van der Waals surface area contributed by atoms with Crippen LogP contribution < -0.4 is 5.73 Å². The minimum atomic E-state index is 0.00310. The van der Waals surface area contributed by atoms with Gasteiger partial charge in [-0.1, -0.05) is 42.5 Å². The molecule has 0 spiro atoms. The summed E-state index contributed by atoms with van der Waals surface area (Å²) >= 11 is 0. The second-order valence-electron chi connectivity index (χ2n) is 4.91. The highest BCUT2D eigenvalue weighted by Gasteiger charge is 2.15. The summed E-state index contributed by atoms with van der Waals surface area (Å²) in [7, 11) is 0. The first-order valence-corrected chi connectivity index (χ1v) is 6.97. The number of ketones is 1. The van der Waals surface area contributed by atoms with Crippen LogP contribution in [-0.2, 0) is 6.42 Å². The number of nitrogens with two attached hydrogens (primary N) is 1. The third-order valence-electron chi connectivity index (χ3n) is 3.55. The molecule has 0 saturated carbocycles. The summed E-state index contributed by atoms with van der Waals surface area (Å²) < 4.78 is 0. The van der Waals surface area contributed by atoms with Gasteiger partial charge in [0.15, 0.2) is 5.78 Å². The standard InChI is InChI=1S/C18H16N2O/c19-11-10-13-5-1-2-8-15(13)18(21)16-9-3-6-14-7-4-12-20-17(14)16/h1-9,12H,10-11,19H2. The van der Waals surface area contributed by atoms with Crippen LogP contribution in [0.5, 0.6) is 0 Å². The van der Waals surface area contributed by atoms with E-state index in [0.29, 0.717) is 24.1 Å². The second kappa shape index (κ2) is 5.85. The molecule has 0 bridgehead atoms. The molecule has 0 aliphatic heterocycles. The summed E-state index contributed by atoms with van der Waals surface area (Å²) in [4.78, 5) is 17.2. The number of para-hydroxylation sites is 1. The molecule has 0 aliphatic carbocycles. The van der Waals surface area contributed by atoms with Gasteiger partial charge in [0.05, 0.1) is 5.52 Å². The fourth-order valence-electron chi connectivity index (χ4n) is 2.55. The molecule has 1 aromatic heterocycles. The van der Waals surface area contributed by atoms with E-state index in [1.165, 1.54) is 0 Å². The van der Waals surface area contributed by atoms with Gasteiger partial charge in [-0.15, -0.1) is 0 Å². The number of rotatable bonds is 4. The fraction of sp³-hybridized carbons (Fsp3) is 0.111. The third kappa shape index (κ3) is 2.56. The first kappa shape index (κ1) is 13.5. The maximum absolute atomic E-state index is 12.9. The van der Waals surface area contributed by atoms with E-state index >= 15 is 0 Å². The lowest BCUT2D eigenvalue weighted by Gasteiger charge is -2.09. The number of hydrogen-bond donors (Lipinski definition) is 1. The first-order chi connectivity index (χ1) is 10.3. The Labute approximate surface area is 123 Å². The fourth-order valence-corrected chi connectivity index (χ4v) is 2.55. The molecular weight excluding hydrogens is 260 g/mol. The average molecular weight is 276 g/mol. The second-order valence-corrected chi connectivity index (χ2v) is 4.91. The van der Waals surface area contributed by atoms with Gasteiger partial charge in [0, 0.05) is 22.7 Å². The van der Waals surface area contributed by atoms with Gasteiger partial charge < -0.3 is 5.73 Å². The van der Waals surface area contributed by atoms with Crippen molar-refractivity contribution in [2.45, 2.75) is 6.42 Å². The molecule has 3 heteroatoms. The number of hydrogen-bond acceptors (Lipinski definition) is 3. The van der Waals surface area contributed by atoms with Crippen molar-refractivity contribution in [2.24, 2.45) is 5.73 Å². The number of pyridine rings is 1. The van der Waals surface area contributed by atoms with Crippen molar-refractivity contribution in [3.8, 4) is 0 Å². The van der Waals surface area contributed by atoms with Crippen molar-refractivity contribution in [3.05, 3.63) is 77.5 Å². The first-order valence-electron chi connectivity index (χ1n) is 6.97. The van der Waals surface area contributed by atoms with Crippen LogP contribution in [0, 0.1) is 0 Å². The van der Waals surface area contributed by atoms with E-state index < -0.39 is 0 Å². The van der Waals surface area contributed by atoms with Crippen LogP contribution >= 0.6 is 0 Å². The monoisotopic (exact) mass is 276 g/mol. The molecule has 3 nitrogen and oxygen atoms in total. The summed E-state index contributed by atoms with van der Waals surface area (Å²) in [6.45, 7) is 0.526. The van der Waals surface area contributed by atoms with E-state index in [9.17, 15) is 4.79 Å². The summed E-state index contributed by atoms with van der Waals surface area (Å²) in [5.74, 6) is 0.00310. The van der Waals surface area contributed by atoms with Crippen LogP contribution in [0.4, 0.5) is 0 Å². The maximum atomic E-state index is 12.9. The molecular formula is C18H16N2O. The minimum Gasteiger partial charge on any atom is -0.330 e. The van der Waals surface area contributed by atoms with Crippen molar-refractivity contribution < 1.29 is 4.79 Å². The molecule has 2 N–H and O–H groups in total. The normalized spacial score (nSPS) is 10.7. The summed E-state index contributed by atoms with van der Waals surface area (Å²) in [6.07, 6.45) is 2.41. The lowest BCUT2D eigenvalue weighted by molar-refractivity contribution is 0.103. The van der Waals surface area contributed by atoms with E-state index in [4.69, 9.17) is 5.73 Å². The van der Waals surface area contributed by atoms with Crippen LogP contribution in [0.1, 0.15) is 21.5 Å². The Kier molecular flexibility index (Phi) is 3.75. The molecule has 0 unspecified atom stereocenters. The molecule has 0 fully saturated rings. The van der Waals surface area contributed by atoms with Gasteiger partial charge in [-0.3, -0.25) is 9.78 Å². The molecule has 1 heterocycles. The van der Waals surface area contributed by atoms with Gasteiger partial charge in [-0.05, 0) is 30.7 Å². The van der Waals surface area contributed by atoms with Crippen molar-refractivity contribution in [1.29, 1.82) is 0 Å². The van der Waals surface area contributed by atoms with E-state index in [1.807, 2.05) is 54.6 Å². The van der Waals surface area contributed by atoms with Crippen molar-refractivity contribution in [2.75, 3.05) is 6.54 Å². The smallest absolute Gasteiger partial charge is 0.195 e. The topological polar surface area (TPSA) is 56.0 Å². The van der Waals surface area contributed by atoms with E-state index in [0.717, 1.165) is 16.5 Å². The molecule has 2 aromatic carbocycles. The Morgan fingerprint density at radius 2 is 1.71 bits per heavy atom. The highest BCUT2D eigenvalue weighted by molar-refractivity contribution is 6.16. The highest BCUT2D eigenvalue weighted by Crippen LogP contribution is 2.21. The Balaban J connectivity index is 2.13. The Hall–Kier alpha value is -2.52. The third-order valence-corrected chi connectivity index (χ3v) is 3.55. The predicted molar refractivity (Wildman–Crippen MR) is 84.4 cm³/mol. The highest BCUT2D eigenvalue weighted by atomic mass is 16.1. The number of carbonyl (C=O) groups excluding carboxylic acids is 1. The van der Waals surface area contributed by atoms with Crippen LogP contribution in [0.15, 0.2) is 60.8 Å². The van der Waals surface area contributed by atoms with Crippen LogP contribution in [0.25, 0.3) is 10.9 Å². The lowest BCUT2D eigenvalue weighted by atomic mass is 9.95. The summed E-state index contributed by atoms with van der Waals surface area (Å²) in [6, 6.07) is 17.1. The van der Waals surface area contributed by atoms with Crippen molar-refractivity contribution in [1.82, 2.24) is 4.98 Å². The van der Waals surface area contributed by atoms with Gasteiger partial charge in [0.1, 0.15) is 0 Å². The Morgan fingerprint density at radius 1 is 0.952 bits per heavy atom. The average Bonchev–Trinajstić information content (AvgIpc) is 2.54. The predicted octanol–water partition coefficient (Wildman–Crippen LogP) is 2.97. The van der Waals surface area contributed by atoms with Crippen molar-refractivity contribution in [3.63, 3.8) is 0 Å². The number of nitrogens with zero attached hydrogens (tertiary/aromatic N) is 1. The SMILES string of the molecule is NCCc1ccccc1C(=O)c1cccc2cccnc12. The zero-order valence-corrected chi connectivity index (χ0v) is 11.6. The molecule has 3 rings (SSSR count). The molecule has 0 amide bonds. The van der Waals surface area contributed by atoms with E-state index in [2.05, 4.69) is 4.98 Å². The van der Waals surface area contributed by atoms with Crippen molar-refractivity contribution >= 4 is 16.7 Å². The van der Waals surface area contributed by atoms with Gasteiger partial charge in [-0.25, -0.2) is 0 Å². The van der Waals surface area contributed by atoms with Gasteiger partial charge in [0.25, 0.3) is 0 Å². The Morgan fingerprint density at radius 3 is 2.57 bits per heavy atom. The van der Waals surface area contributed by atoms with E-state index in [-0.39, 0.29) is 5.78 Å². The molecule has 0 saturated heterocycles. The van der Waals surface area contributed by atoms with E-state index in [1.54, 1.807) is 6.20 Å². The Bertz CT molecular complexity index is 791. The van der Waals surface area contributed by atoms with Gasteiger partial charge in [0.2, 0.25) is 0 Å². The molecule has 21 heavy (non-hydrogen) atoms.